The Morgan fingerprint density at radius 1 is 1.22 bits per heavy atom. The summed E-state index contributed by atoms with van der Waals surface area (Å²) in [4.78, 5) is 13.3. The van der Waals surface area contributed by atoms with Crippen molar-refractivity contribution in [3.05, 3.63) is 0 Å². The molecule has 6 heteroatoms. The monoisotopic (exact) mass is 268 g/mol. The van der Waals surface area contributed by atoms with Crippen LogP contribution in [0.15, 0.2) is 0 Å². The molecule has 0 spiro atoms. The maximum atomic E-state index is 12.1. The summed E-state index contributed by atoms with van der Waals surface area (Å²) in [5.74, 6) is 0.224. The fourth-order valence-electron chi connectivity index (χ4n) is 1.80. The van der Waals surface area contributed by atoms with E-state index in [1.165, 1.54) is 4.90 Å². The quantitative estimate of drug-likeness (QED) is 0.786. The number of hydrogen-bond donors (Lipinski definition) is 1. The van der Waals surface area contributed by atoms with Gasteiger partial charge in [-0.25, -0.2) is 4.79 Å². The summed E-state index contributed by atoms with van der Waals surface area (Å²) in [6.07, 6.45) is -2.89. The molecule has 0 aromatic rings. The van der Waals surface area contributed by atoms with E-state index in [4.69, 9.17) is 0 Å². The number of urea groups is 1. The summed E-state index contributed by atoms with van der Waals surface area (Å²) < 4.78 is 36.2. The minimum Gasteiger partial charge on any atom is -0.329 e. The predicted molar refractivity (Wildman–Crippen MR) is 65.4 cm³/mol. The van der Waals surface area contributed by atoms with Crippen LogP contribution in [0.2, 0.25) is 0 Å². The molecular formula is C12H23F3N2O. The van der Waals surface area contributed by atoms with Crippen LogP contribution >= 0.6 is 0 Å². The van der Waals surface area contributed by atoms with Gasteiger partial charge >= 0.3 is 12.2 Å². The molecule has 0 rings (SSSR count). The Morgan fingerprint density at radius 3 is 2.06 bits per heavy atom. The summed E-state index contributed by atoms with van der Waals surface area (Å²) in [6, 6.07) is -0.643. The van der Waals surface area contributed by atoms with Crippen molar-refractivity contribution < 1.29 is 18.0 Å². The molecule has 18 heavy (non-hydrogen) atoms. The lowest BCUT2D eigenvalue weighted by molar-refractivity contribution is -0.123. The first-order chi connectivity index (χ1) is 8.21. The molecule has 0 fully saturated rings. The fraction of sp³-hybridized carbons (Fsp3) is 0.917. The van der Waals surface area contributed by atoms with E-state index in [2.05, 4.69) is 0 Å². The van der Waals surface area contributed by atoms with Crippen molar-refractivity contribution in [2.45, 2.75) is 52.8 Å². The third kappa shape index (κ3) is 6.71. The van der Waals surface area contributed by atoms with Gasteiger partial charge in [0.2, 0.25) is 0 Å². The lowest BCUT2D eigenvalue weighted by Crippen LogP contribution is -2.49. The highest BCUT2D eigenvalue weighted by Gasteiger charge is 2.30. The second-order valence-electron chi connectivity index (χ2n) is 4.79. The third-order valence-electron chi connectivity index (χ3n) is 2.65. The molecule has 0 bridgehead atoms. The summed E-state index contributed by atoms with van der Waals surface area (Å²) >= 11 is 0. The number of rotatable bonds is 6. The topological polar surface area (TPSA) is 32.3 Å². The van der Waals surface area contributed by atoms with Gasteiger partial charge < -0.3 is 10.2 Å². The van der Waals surface area contributed by atoms with Crippen molar-refractivity contribution in [1.82, 2.24) is 10.2 Å². The second-order valence-corrected chi connectivity index (χ2v) is 4.79. The van der Waals surface area contributed by atoms with Gasteiger partial charge in [-0.15, -0.1) is 0 Å². The fourth-order valence-corrected chi connectivity index (χ4v) is 1.80. The number of carbonyl (C=O) groups is 1. The van der Waals surface area contributed by atoms with Crippen molar-refractivity contribution in [3.8, 4) is 0 Å². The van der Waals surface area contributed by atoms with E-state index in [0.717, 1.165) is 12.8 Å². The van der Waals surface area contributed by atoms with Crippen LogP contribution in [0.25, 0.3) is 0 Å². The second kappa shape index (κ2) is 7.48. The Balaban J connectivity index is 4.59. The largest absolute Gasteiger partial charge is 0.405 e. The minimum atomic E-state index is -4.37. The van der Waals surface area contributed by atoms with E-state index in [1.807, 2.05) is 33.0 Å². The maximum absolute atomic E-state index is 12.1. The Kier molecular flexibility index (Phi) is 7.09. The molecule has 0 heterocycles. The van der Waals surface area contributed by atoms with E-state index >= 15 is 0 Å². The Bertz CT molecular complexity index is 250. The van der Waals surface area contributed by atoms with Crippen LogP contribution in [-0.4, -0.2) is 36.2 Å². The molecule has 0 aliphatic heterocycles. The molecule has 0 saturated heterocycles. The summed E-state index contributed by atoms with van der Waals surface area (Å²) in [7, 11) is 0. The van der Waals surface area contributed by atoms with Gasteiger partial charge in [-0.3, -0.25) is 0 Å². The van der Waals surface area contributed by atoms with Crippen molar-refractivity contribution in [2.75, 3.05) is 13.1 Å². The van der Waals surface area contributed by atoms with Crippen LogP contribution < -0.4 is 5.32 Å². The first-order valence-electron chi connectivity index (χ1n) is 6.32. The molecule has 3 nitrogen and oxygen atoms in total. The van der Waals surface area contributed by atoms with Crippen molar-refractivity contribution in [2.24, 2.45) is 5.92 Å². The van der Waals surface area contributed by atoms with Crippen LogP contribution in [0.3, 0.4) is 0 Å². The van der Waals surface area contributed by atoms with Gasteiger partial charge in [-0.1, -0.05) is 27.7 Å². The van der Waals surface area contributed by atoms with Gasteiger partial charge in [0.1, 0.15) is 6.54 Å². The van der Waals surface area contributed by atoms with Crippen molar-refractivity contribution in [1.29, 1.82) is 0 Å². The average Bonchev–Trinajstić information content (AvgIpc) is 2.24. The Labute approximate surface area is 107 Å². The first-order valence-corrected chi connectivity index (χ1v) is 6.32. The van der Waals surface area contributed by atoms with Gasteiger partial charge in [-0.05, 0) is 18.8 Å². The Hall–Kier alpha value is -0.940. The molecule has 0 aromatic carbocycles. The van der Waals surface area contributed by atoms with Gasteiger partial charge in [0.25, 0.3) is 0 Å². The summed E-state index contributed by atoms with van der Waals surface area (Å²) in [5.41, 5.74) is 0. The summed E-state index contributed by atoms with van der Waals surface area (Å²) in [5, 5.41) is 1.94. The standard InChI is InChI=1S/C12H23F3N2O/c1-5-10(6-2)17(7-9(3)4)11(18)16-8-12(13,14)15/h9-10H,5-8H2,1-4H3,(H,16,18). The predicted octanol–water partition coefficient (Wildman–Crippen LogP) is 3.40. The first kappa shape index (κ1) is 17.1. The van der Waals surface area contributed by atoms with E-state index in [9.17, 15) is 18.0 Å². The maximum Gasteiger partial charge on any atom is 0.405 e. The molecule has 0 unspecified atom stereocenters. The van der Waals surface area contributed by atoms with Crippen molar-refractivity contribution in [3.63, 3.8) is 0 Å². The van der Waals surface area contributed by atoms with Crippen LogP contribution in [0.1, 0.15) is 40.5 Å². The molecule has 1 N–H and O–H groups in total. The van der Waals surface area contributed by atoms with Crippen LogP contribution in [0.4, 0.5) is 18.0 Å². The van der Waals surface area contributed by atoms with Crippen LogP contribution in [0.5, 0.6) is 0 Å². The molecule has 0 aromatic heterocycles. The summed E-state index contributed by atoms with van der Waals surface area (Å²) in [6.45, 7) is 6.92. The SMILES string of the molecule is CCC(CC)N(CC(C)C)C(=O)NCC(F)(F)F. The lowest BCUT2D eigenvalue weighted by atomic mass is 10.1. The highest BCUT2D eigenvalue weighted by molar-refractivity contribution is 5.74. The van der Waals surface area contributed by atoms with Gasteiger partial charge in [0.05, 0.1) is 0 Å². The lowest BCUT2D eigenvalue weighted by Gasteiger charge is -2.32. The molecule has 2 amide bonds. The zero-order valence-corrected chi connectivity index (χ0v) is 11.5. The van der Waals surface area contributed by atoms with Gasteiger partial charge in [0.15, 0.2) is 0 Å². The van der Waals surface area contributed by atoms with Crippen molar-refractivity contribution >= 4 is 6.03 Å². The van der Waals surface area contributed by atoms with Crippen LogP contribution in [-0.2, 0) is 0 Å². The number of hydrogen-bond acceptors (Lipinski definition) is 1. The molecule has 0 atom stereocenters. The number of carbonyl (C=O) groups excluding carboxylic acids is 1. The number of nitrogens with zero attached hydrogens (tertiary/aromatic N) is 1. The van der Waals surface area contributed by atoms with Crippen LogP contribution in [0, 0.1) is 5.92 Å². The average molecular weight is 268 g/mol. The minimum absolute atomic E-state index is 0.0133. The molecule has 0 radical (unpaired) electrons. The van der Waals surface area contributed by atoms with E-state index in [-0.39, 0.29) is 12.0 Å². The normalized spacial score (nSPS) is 12.1. The van der Waals surface area contributed by atoms with E-state index in [1.54, 1.807) is 0 Å². The molecule has 108 valence electrons. The highest BCUT2D eigenvalue weighted by atomic mass is 19.4. The third-order valence-corrected chi connectivity index (χ3v) is 2.65. The zero-order valence-electron chi connectivity index (χ0n) is 11.5. The zero-order chi connectivity index (χ0) is 14.3. The highest BCUT2D eigenvalue weighted by Crippen LogP contribution is 2.15. The number of nitrogens with one attached hydrogen (secondary N) is 1. The smallest absolute Gasteiger partial charge is 0.329 e. The number of alkyl halides is 3. The number of halogens is 3. The van der Waals surface area contributed by atoms with Gasteiger partial charge in [-0.2, -0.15) is 13.2 Å². The Morgan fingerprint density at radius 2 is 1.72 bits per heavy atom. The van der Waals surface area contributed by atoms with E-state index < -0.39 is 18.8 Å². The van der Waals surface area contributed by atoms with E-state index in [0.29, 0.717) is 6.54 Å². The van der Waals surface area contributed by atoms with Gasteiger partial charge in [0, 0.05) is 12.6 Å². The number of amides is 2. The molecular weight excluding hydrogens is 245 g/mol. The molecule has 0 aliphatic carbocycles. The molecule has 0 saturated carbocycles. The molecule has 0 aliphatic rings.